The Morgan fingerprint density at radius 3 is 2.58 bits per heavy atom. The Morgan fingerprint density at radius 1 is 1.12 bits per heavy atom. The number of hydrogen-bond donors (Lipinski definition) is 0. The molecule has 0 radical (unpaired) electrons. The summed E-state index contributed by atoms with van der Waals surface area (Å²) in [5, 5.41) is 8.39. The lowest BCUT2D eigenvalue weighted by atomic mass is 10.1. The average molecular weight is 349 g/mol. The van der Waals surface area contributed by atoms with Gasteiger partial charge >= 0.3 is 0 Å². The molecule has 134 valence electrons. The maximum Gasteiger partial charge on any atom is 0.225 e. The number of ether oxygens (including phenoxy) is 1. The van der Waals surface area contributed by atoms with Crippen molar-refractivity contribution in [2.24, 2.45) is 0 Å². The Hall–Kier alpha value is -2.95. The van der Waals surface area contributed by atoms with Gasteiger partial charge in [0.25, 0.3) is 0 Å². The molecule has 1 heterocycles. The van der Waals surface area contributed by atoms with Gasteiger partial charge in [-0.15, -0.1) is 5.10 Å². The van der Waals surface area contributed by atoms with Crippen LogP contribution in [-0.4, -0.2) is 22.1 Å². The summed E-state index contributed by atoms with van der Waals surface area (Å²) >= 11 is 0. The van der Waals surface area contributed by atoms with Gasteiger partial charge in [-0.1, -0.05) is 61.5 Å². The van der Waals surface area contributed by atoms with E-state index in [4.69, 9.17) is 4.74 Å². The second-order valence-electron chi connectivity index (χ2n) is 6.62. The third-order valence-corrected chi connectivity index (χ3v) is 4.32. The number of benzene rings is 1. The number of rotatable bonds is 6. The molecule has 1 aromatic heterocycles. The first-order chi connectivity index (χ1) is 12.6. The summed E-state index contributed by atoms with van der Waals surface area (Å²) in [4.78, 5) is 12.7. The first kappa shape index (κ1) is 17.9. The minimum Gasteiger partial charge on any atom is -0.493 e. The fraction of sp³-hybridized carbons (Fsp3) is 0.286. The average Bonchev–Trinajstić information content (AvgIpc) is 3.00. The minimum atomic E-state index is -0.112. The van der Waals surface area contributed by atoms with Crippen LogP contribution in [0.15, 0.2) is 59.5 Å². The van der Waals surface area contributed by atoms with E-state index in [0.29, 0.717) is 30.2 Å². The monoisotopic (exact) mass is 349 g/mol. The molecule has 0 amide bonds. The number of aromatic nitrogens is 3. The van der Waals surface area contributed by atoms with E-state index in [2.05, 4.69) is 36.3 Å². The van der Waals surface area contributed by atoms with Crippen LogP contribution in [-0.2, 0) is 13.0 Å². The van der Waals surface area contributed by atoms with Gasteiger partial charge < -0.3 is 4.74 Å². The van der Waals surface area contributed by atoms with Crippen molar-refractivity contribution >= 4 is 0 Å². The van der Waals surface area contributed by atoms with Crippen LogP contribution in [0.25, 0.3) is 0 Å². The van der Waals surface area contributed by atoms with E-state index in [-0.39, 0.29) is 5.43 Å². The van der Waals surface area contributed by atoms with Crippen molar-refractivity contribution in [2.45, 2.75) is 32.7 Å². The summed E-state index contributed by atoms with van der Waals surface area (Å²) in [6, 6.07) is 15.8. The van der Waals surface area contributed by atoms with Gasteiger partial charge in [0.15, 0.2) is 5.75 Å². The van der Waals surface area contributed by atoms with Crippen molar-refractivity contribution in [2.75, 3.05) is 7.11 Å². The molecule has 0 aliphatic rings. The molecule has 0 saturated carbocycles. The lowest BCUT2D eigenvalue weighted by molar-refractivity contribution is 0.410. The zero-order chi connectivity index (χ0) is 18.5. The van der Waals surface area contributed by atoms with Gasteiger partial charge in [-0.05, 0) is 23.1 Å². The largest absolute Gasteiger partial charge is 0.493 e. The zero-order valence-corrected chi connectivity index (χ0v) is 15.3. The predicted molar refractivity (Wildman–Crippen MR) is 102 cm³/mol. The molecule has 0 N–H and O–H groups in total. The molecule has 5 nitrogen and oxygen atoms in total. The third kappa shape index (κ3) is 4.17. The van der Waals surface area contributed by atoms with Crippen molar-refractivity contribution < 1.29 is 4.74 Å². The molecule has 5 heteroatoms. The molecule has 2 aromatic carbocycles. The standard InChI is InChI=1S/C21H23N3O2/c1-15(2)17-9-10-18(21(25)20(12-17)26-3)13-24-14-19(22-23-24)11-16-7-5-4-6-8-16/h4-10,12,14-15H,11,13H2,1-3H3. The normalized spacial score (nSPS) is 10.9. The second-order valence-corrected chi connectivity index (χ2v) is 6.62. The van der Waals surface area contributed by atoms with Crippen LogP contribution in [0.4, 0.5) is 0 Å². The first-order valence-electron chi connectivity index (χ1n) is 8.71. The van der Waals surface area contributed by atoms with Crippen LogP contribution in [0.1, 0.15) is 42.1 Å². The van der Waals surface area contributed by atoms with E-state index >= 15 is 0 Å². The van der Waals surface area contributed by atoms with Crippen LogP contribution in [0.2, 0.25) is 0 Å². The van der Waals surface area contributed by atoms with Gasteiger partial charge in [0, 0.05) is 18.2 Å². The quantitative estimate of drug-likeness (QED) is 0.684. The Kier molecular flexibility index (Phi) is 5.46. The van der Waals surface area contributed by atoms with E-state index in [9.17, 15) is 4.79 Å². The van der Waals surface area contributed by atoms with Gasteiger partial charge in [-0.3, -0.25) is 4.79 Å². The number of methoxy groups -OCH3 is 1. The summed E-state index contributed by atoms with van der Waals surface area (Å²) in [5.41, 5.74) is 3.63. The lowest BCUT2D eigenvalue weighted by Gasteiger charge is -2.02. The molecule has 0 bridgehead atoms. The molecule has 3 rings (SSSR count). The van der Waals surface area contributed by atoms with Crippen LogP contribution >= 0.6 is 0 Å². The molecule has 0 fully saturated rings. The summed E-state index contributed by atoms with van der Waals surface area (Å²) < 4.78 is 7.00. The molecule has 0 spiro atoms. The number of nitrogens with zero attached hydrogens (tertiary/aromatic N) is 3. The summed E-state index contributed by atoms with van der Waals surface area (Å²) in [6.07, 6.45) is 2.60. The van der Waals surface area contributed by atoms with Gasteiger partial charge in [-0.25, -0.2) is 4.68 Å². The van der Waals surface area contributed by atoms with Gasteiger partial charge in [0.2, 0.25) is 5.43 Å². The summed E-state index contributed by atoms with van der Waals surface area (Å²) in [7, 11) is 1.53. The van der Waals surface area contributed by atoms with Crippen LogP contribution in [0, 0.1) is 0 Å². The minimum absolute atomic E-state index is 0.112. The van der Waals surface area contributed by atoms with Crippen molar-refractivity contribution in [1.29, 1.82) is 0 Å². The second kappa shape index (κ2) is 7.95. The highest BCUT2D eigenvalue weighted by atomic mass is 16.5. The molecule has 0 aliphatic heterocycles. The van der Waals surface area contributed by atoms with E-state index in [1.807, 2.05) is 42.6 Å². The van der Waals surface area contributed by atoms with Crippen LogP contribution < -0.4 is 10.2 Å². The Bertz CT molecular complexity index is 933. The molecular weight excluding hydrogens is 326 g/mol. The van der Waals surface area contributed by atoms with E-state index in [0.717, 1.165) is 11.3 Å². The SMILES string of the molecule is COc1cc(C(C)C)ccc(Cn2cc(Cc3ccccc3)nn2)c1=O. The molecular formula is C21H23N3O2. The Balaban J connectivity index is 1.85. The van der Waals surface area contributed by atoms with Gasteiger partial charge in [0.1, 0.15) is 0 Å². The third-order valence-electron chi connectivity index (χ3n) is 4.32. The maximum absolute atomic E-state index is 12.7. The number of hydrogen-bond acceptors (Lipinski definition) is 4. The molecule has 26 heavy (non-hydrogen) atoms. The molecule has 0 saturated heterocycles. The first-order valence-corrected chi connectivity index (χ1v) is 8.71. The van der Waals surface area contributed by atoms with Crippen molar-refractivity contribution in [3.8, 4) is 5.75 Å². The van der Waals surface area contributed by atoms with Gasteiger partial charge in [0.05, 0.1) is 19.3 Å². The topological polar surface area (TPSA) is 57.0 Å². The lowest BCUT2D eigenvalue weighted by Crippen LogP contribution is -2.12. The Morgan fingerprint density at radius 2 is 1.88 bits per heavy atom. The molecule has 0 unspecified atom stereocenters. The van der Waals surface area contributed by atoms with Crippen LogP contribution in [0.5, 0.6) is 5.75 Å². The fourth-order valence-electron chi connectivity index (χ4n) is 2.81. The predicted octanol–water partition coefficient (Wildman–Crippen LogP) is 3.41. The molecule has 0 aliphatic carbocycles. The van der Waals surface area contributed by atoms with Crippen molar-refractivity contribution in [3.05, 3.63) is 87.3 Å². The van der Waals surface area contributed by atoms with E-state index < -0.39 is 0 Å². The maximum atomic E-state index is 12.7. The fourth-order valence-corrected chi connectivity index (χ4v) is 2.81. The summed E-state index contributed by atoms with van der Waals surface area (Å²) in [5.74, 6) is 0.672. The highest BCUT2D eigenvalue weighted by molar-refractivity contribution is 5.33. The zero-order valence-electron chi connectivity index (χ0n) is 15.3. The smallest absolute Gasteiger partial charge is 0.225 e. The van der Waals surface area contributed by atoms with Crippen molar-refractivity contribution in [1.82, 2.24) is 15.0 Å². The Labute approximate surface area is 153 Å². The molecule has 0 atom stereocenters. The molecule has 3 aromatic rings. The highest BCUT2D eigenvalue weighted by Crippen LogP contribution is 2.17. The van der Waals surface area contributed by atoms with E-state index in [1.165, 1.54) is 12.7 Å². The van der Waals surface area contributed by atoms with Crippen molar-refractivity contribution in [3.63, 3.8) is 0 Å². The van der Waals surface area contributed by atoms with Crippen LogP contribution in [0.3, 0.4) is 0 Å². The summed E-state index contributed by atoms with van der Waals surface area (Å²) in [6.45, 7) is 4.54. The highest BCUT2D eigenvalue weighted by Gasteiger charge is 2.10. The van der Waals surface area contributed by atoms with E-state index in [1.54, 1.807) is 4.68 Å². The van der Waals surface area contributed by atoms with Gasteiger partial charge in [-0.2, -0.15) is 0 Å².